The van der Waals surface area contributed by atoms with Gasteiger partial charge in [-0.25, -0.2) is 0 Å². The Kier molecular flexibility index (Phi) is 7.52. The Bertz CT molecular complexity index is 555. The first-order valence-corrected chi connectivity index (χ1v) is 8.27. The van der Waals surface area contributed by atoms with E-state index in [4.69, 9.17) is 11.6 Å². The molecule has 0 radical (unpaired) electrons. The molecule has 3 N–H and O–H groups in total. The smallest absolute Gasteiger partial charge is 0.227 e. The van der Waals surface area contributed by atoms with Crippen molar-refractivity contribution in [3.8, 4) is 0 Å². The maximum absolute atomic E-state index is 12.2. The summed E-state index contributed by atoms with van der Waals surface area (Å²) in [5.41, 5.74) is -0.0252. The van der Waals surface area contributed by atoms with Crippen LogP contribution in [0.5, 0.6) is 0 Å². The number of aliphatic hydroxyl groups is 1. The van der Waals surface area contributed by atoms with E-state index in [0.717, 1.165) is 12.8 Å². The molecule has 1 rings (SSSR count). The first kappa shape index (κ1) is 19.5. The fourth-order valence-corrected chi connectivity index (χ4v) is 2.79. The SMILES string of the molecule is CCCC(O)(CCC)CC(=O)Nc1cc(NC(C)=O)ccc1Cl. The van der Waals surface area contributed by atoms with Crippen LogP contribution in [0.25, 0.3) is 0 Å². The first-order chi connectivity index (χ1) is 10.8. The van der Waals surface area contributed by atoms with Gasteiger partial charge in [-0.2, -0.15) is 0 Å². The van der Waals surface area contributed by atoms with Crippen LogP contribution < -0.4 is 10.6 Å². The van der Waals surface area contributed by atoms with Crippen LogP contribution in [-0.2, 0) is 9.59 Å². The van der Waals surface area contributed by atoms with Crippen molar-refractivity contribution in [1.82, 2.24) is 0 Å². The number of hydrogen-bond donors (Lipinski definition) is 3. The van der Waals surface area contributed by atoms with Crippen LogP contribution in [-0.4, -0.2) is 22.5 Å². The zero-order chi connectivity index (χ0) is 17.5. The Morgan fingerprint density at radius 1 is 1.17 bits per heavy atom. The average Bonchev–Trinajstić information content (AvgIpc) is 2.42. The topological polar surface area (TPSA) is 78.4 Å². The van der Waals surface area contributed by atoms with Crippen molar-refractivity contribution in [2.45, 2.75) is 58.5 Å². The van der Waals surface area contributed by atoms with E-state index in [1.54, 1.807) is 18.2 Å². The Morgan fingerprint density at radius 2 is 1.78 bits per heavy atom. The van der Waals surface area contributed by atoms with Crippen LogP contribution >= 0.6 is 11.6 Å². The quantitative estimate of drug-likeness (QED) is 0.670. The number of hydrogen-bond acceptors (Lipinski definition) is 3. The summed E-state index contributed by atoms with van der Waals surface area (Å²) in [5, 5.41) is 16.3. The lowest BCUT2D eigenvalue weighted by molar-refractivity contribution is -0.121. The number of rotatable bonds is 8. The van der Waals surface area contributed by atoms with Crippen molar-refractivity contribution < 1.29 is 14.7 Å². The van der Waals surface area contributed by atoms with Gasteiger partial charge in [0, 0.05) is 12.6 Å². The molecule has 0 spiro atoms. The number of anilines is 2. The molecule has 0 unspecified atom stereocenters. The molecule has 1 aromatic rings. The number of nitrogens with one attached hydrogen (secondary N) is 2. The number of carbonyl (C=O) groups excluding carboxylic acids is 2. The van der Waals surface area contributed by atoms with Crippen LogP contribution in [0.15, 0.2) is 18.2 Å². The van der Waals surface area contributed by atoms with Crippen molar-refractivity contribution in [3.63, 3.8) is 0 Å². The lowest BCUT2D eigenvalue weighted by atomic mass is 9.89. The van der Waals surface area contributed by atoms with E-state index in [1.165, 1.54) is 6.92 Å². The summed E-state index contributed by atoms with van der Waals surface area (Å²) in [7, 11) is 0. The monoisotopic (exact) mass is 340 g/mol. The third-order valence-corrected chi connectivity index (χ3v) is 3.81. The van der Waals surface area contributed by atoms with Gasteiger partial charge in [0.05, 0.1) is 22.7 Å². The highest BCUT2D eigenvalue weighted by Gasteiger charge is 2.28. The molecular formula is C17H25ClN2O3. The standard InChI is InChI=1S/C17H25ClN2O3/c1-4-8-17(23,9-5-2)11-16(22)20-15-10-13(19-12(3)21)6-7-14(15)18/h6-7,10,23H,4-5,8-9,11H2,1-3H3,(H,19,21)(H,20,22). The van der Waals surface area contributed by atoms with E-state index in [1.807, 2.05) is 13.8 Å². The minimum absolute atomic E-state index is 0.0232. The zero-order valence-corrected chi connectivity index (χ0v) is 14.7. The van der Waals surface area contributed by atoms with Gasteiger partial charge in [0.1, 0.15) is 0 Å². The molecular weight excluding hydrogens is 316 g/mol. The average molecular weight is 341 g/mol. The minimum Gasteiger partial charge on any atom is -0.389 e. The first-order valence-electron chi connectivity index (χ1n) is 7.89. The number of carbonyl (C=O) groups is 2. The lowest BCUT2D eigenvalue weighted by Crippen LogP contribution is -2.33. The zero-order valence-electron chi connectivity index (χ0n) is 13.9. The highest BCUT2D eigenvalue weighted by molar-refractivity contribution is 6.33. The van der Waals surface area contributed by atoms with Crippen LogP contribution in [0.2, 0.25) is 5.02 Å². The second-order valence-electron chi connectivity index (χ2n) is 5.83. The third kappa shape index (κ3) is 6.59. The molecule has 128 valence electrons. The molecule has 23 heavy (non-hydrogen) atoms. The summed E-state index contributed by atoms with van der Waals surface area (Å²) in [5.74, 6) is -0.499. The Hall–Kier alpha value is -1.59. The van der Waals surface area contributed by atoms with E-state index in [2.05, 4.69) is 10.6 Å². The summed E-state index contributed by atoms with van der Waals surface area (Å²) in [6.07, 6.45) is 2.79. The van der Waals surface area contributed by atoms with E-state index in [0.29, 0.717) is 29.2 Å². The van der Waals surface area contributed by atoms with Crippen LogP contribution in [0.3, 0.4) is 0 Å². The maximum atomic E-state index is 12.2. The van der Waals surface area contributed by atoms with Crippen LogP contribution in [0.4, 0.5) is 11.4 Å². The Morgan fingerprint density at radius 3 is 2.30 bits per heavy atom. The highest BCUT2D eigenvalue weighted by Crippen LogP contribution is 2.28. The van der Waals surface area contributed by atoms with E-state index in [-0.39, 0.29) is 18.2 Å². The van der Waals surface area contributed by atoms with Gasteiger partial charge in [-0.05, 0) is 31.0 Å². The van der Waals surface area contributed by atoms with Gasteiger partial charge >= 0.3 is 0 Å². The predicted octanol–water partition coefficient (Wildman–Crippen LogP) is 3.96. The maximum Gasteiger partial charge on any atom is 0.227 e. The second-order valence-corrected chi connectivity index (χ2v) is 6.23. The van der Waals surface area contributed by atoms with Gasteiger partial charge in [0.15, 0.2) is 0 Å². The molecule has 5 nitrogen and oxygen atoms in total. The molecule has 0 aliphatic heterocycles. The van der Waals surface area contributed by atoms with Gasteiger partial charge in [-0.1, -0.05) is 38.3 Å². The number of benzene rings is 1. The van der Waals surface area contributed by atoms with Crippen LogP contribution in [0, 0.1) is 0 Å². The minimum atomic E-state index is -0.991. The molecule has 0 bridgehead atoms. The number of halogens is 1. The molecule has 0 atom stereocenters. The molecule has 0 aliphatic carbocycles. The summed E-state index contributed by atoms with van der Waals surface area (Å²) < 4.78 is 0. The normalized spacial score (nSPS) is 11.2. The van der Waals surface area contributed by atoms with Gasteiger partial charge in [0.25, 0.3) is 0 Å². The fraction of sp³-hybridized carbons (Fsp3) is 0.529. The van der Waals surface area contributed by atoms with Gasteiger partial charge in [0.2, 0.25) is 11.8 Å². The molecule has 0 saturated carbocycles. The predicted molar refractivity (Wildman–Crippen MR) is 93.8 cm³/mol. The lowest BCUT2D eigenvalue weighted by Gasteiger charge is -2.27. The Balaban J connectivity index is 2.81. The molecule has 0 saturated heterocycles. The van der Waals surface area contributed by atoms with E-state index < -0.39 is 5.60 Å². The molecule has 0 aromatic heterocycles. The molecule has 0 fully saturated rings. The van der Waals surface area contributed by atoms with Gasteiger partial charge in [-0.15, -0.1) is 0 Å². The largest absolute Gasteiger partial charge is 0.389 e. The summed E-state index contributed by atoms with van der Waals surface area (Å²) in [6, 6.07) is 4.86. The van der Waals surface area contributed by atoms with Crippen molar-refractivity contribution >= 4 is 34.8 Å². The second kappa shape index (κ2) is 8.89. The van der Waals surface area contributed by atoms with Crippen LogP contribution in [0.1, 0.15) is 52.9 Å². The van der Waals surface area contributed by atoms with Crippen molar-refractivity contribution in [2.75, 3.05) is 10.6 Å². The number of amides is 2. The summed E-state index contributed by atoms with van der Waals surface area (Å²) in [4.78, 5) is 23.3. The fourth-order valence-electron chi connectivity index (χ4n) is 2.63. The van der Waals surface area contributed by atoms with Crippen molar-refractivity contribution in [3.05, 3.63) is 23.2 Å². The molecule has 0 heterocycles. The van der Waals surface area contributed by atoms with E-state index >= 15 is 0 Å². The third-order valence-electron chi connectivity index (χ3n) is 3.48. The Labute approximate surface area is 142 Å². The van der Waals surface area contributed by atoms with E-state index in [9.17, 15) is 14.7 Å². The molecule has 2 amide bonds. The highest BCUT2D eigenvalue weighted by atomic mass is 35.5. The molecule has 6 heteroatoms. The van der Waals surface area contributed by atoms with Gasteiger partial charge < -0.3 is 15.7 Å². The summed E-state index contributed by atoms with van der Waals surface area (Å²) >= 11 is 6.08. The molecule has 1 aromatic carbocycles. The van der Waals surface area contributed by atoms with Gasteiger partial charge in [-0.3, -0.25) is 9.59 Å². The summed E-state index contributed by atoms with van der Waals surface area (Å²) in [6.45, 7) is 5.36. The van der Waals surface area contributed by atoms with Crippen molar-refractivity contribution in [1.29, 1.82) is 0 Å². The molecule has 0 aliphatic rings. The van der Waals surface area contributed by atoms with Crippen molar-refractivity contribution in [2.24, 2.45) is 0 Å².